The summed E-state index contributed by atoms with van der Waals surface area (Å²) < 4.78 is 2.34. The van der Waals surface area contributed by atoms with Gasteiger partial charge in [0.05, 0.1) is 11.0 Å². The first-order chi connectivity index (χ1) is 15.2. The minimum absolute atomic E-state index is 0.108. The summed E-state index contributed by atoms with van der Waals surface area (Å²) in [5.41, 5.74) is 5.68. The Bertz CT molecular complexity index is 1210. The van der Waals surface area contributed by atoms with Crippen molar-refractivity contribution in [1.29, 1.82) is 0 Å². The van der Waals surface area contributed by atoms with Crippen molar-refractivity contribution in [2.24, 2.45) is 0 Å². The number of hydrogen-bond acceptors (Lipinski definition) is 2. The Morgan fingerprint density at radius 2 is 1.77 bits per heavy atom. The van der Waals surface area contributed by atoms with E-state index in [-0.39, 0.29) is 11.8 Å². The molecule has 4 heteroatoms. The van der Waals surface area contributed by atoms with E-state index in [4.69, 9.17) is 4.98 Å². The van der Waals surface area contributed by atoms with Crippen LogP contribution in [-0.4, -0.2) is 22.0 Å². The topological polar surface area (TPSA) is 38.1 Å². The number of carbonyl (C=O) groups is 1. The molecule has 1 aliphatic heterocycles. The number of rotatable bonds is 6. The average molecular weight is 410 g/mol. The number of hydrogen-bond donors (Lipinski definition) is 0. The number of carbonyl (C=O) groups excluding carboxylic acids is 1. The van der Waals surface area contributed by atoms with Crippen molar-refractivity contribution in [3.05, 3.63) is 95.8 Å². The number of fused-ring (bicyclic) bond motifs is 1. The van der Waals surface area contributed by atoms with Crippen molar-refractivity contribution in [3.63, 3.8) is 0 Å². The molecule has 1 aliphatic rings. The van der Waals surface area contributed by atoms with Gasteiger partial charge in [-0.15, -0.1) is 0 Å². The zero-order valence-corrected chi connectivity index (χ0v) is 17.9. The number of anilines is 1. The van der Waals surface area contributed by atoms with Gasteiger partial charge in [0, 0.05) is 31.1 Å². The van der Waals surface area contributed by atoms with E-state index in [1.807, 2.05) is 23.1 Å². The summed E-state index contributed by atoms with van der Waals surface area (Å²) in [6.07, 6.45) is 2.58. The third-order valence-corrected chi connectivity index (χ3v) is 6.18. The third-order valence-electron chi connectivity index (χ3n) is 6.18. The molecule has 0 aliphatic carbocycles. The van der Waals surface area contributed by atoms with Crippen LogP contribution >= 0.6 is 0 Å². The van der Waals surface area contributed by atoms with Crippen LogP contribution in [0.3, 0.4) is 0 Å². The fraction of sp³-hybridized carbons (Fsp3) is 0.259. The lowest BCUT2D eigenvalue weighted by molar-refractivity contribution is -0.117. The quantitative estimate of drug-likeness (QED) is 0.422. The Morgan fingerprint density at radius 3 is 2.61 bits per heavy atom. The van der Waals surface area contributed by atoms with Gasteiger partial charge >= 0.3 is 0 Å². The number of amides is 1. The molecule has 1 atom stereocenters. The summed E-state index contributed by atoms with van der Waals surface area (Å²) in [6, 6.07) is 27.1. The van der Waals surface area contributed by atoms with Crippen LogP contribution in [0.1, 0.15) is 35.7 Å². The van der Waals surface area contributed by atoms with Gasteiger partial charge in [-0.25, -0.2) is 4.98 Å². The molecule has 0 radical (unpaired) electrons. The highest BCUT2D eigenvalue weighted by Crippen LogP contribution is 2.33. The highest BCUT2D eigenvalue weighted by molar-refractivity contribution is 5.96. The number of benzene rings is 3. The van der Waals surface area contributed by atoms with E-state index < -0.39 is 0 Å². The summed E-state index contributed by atoms with van der Waals surface area (Å²) in [5.74, 6) is 1.33. The minimum atomic E-state index is 0.108. The van der Waals surface area contributed by atoms with Crippen LogP contribution in [0.4, 0.5) is 5.69 Å². The van der Waals surface area contributed by atoms with E-state index in [1.54, 1.807) is 0 Å². The maximum atomic E-state index is 12.9. The number of nitrogens with zero attached hydrogens (tertiary/aromatic N) is 3. The zero-order chi connectivity index (χ0) is 21.2. The van der Waals surface area contributed by atoms with Gasteiger partial charge in [-0.1, -0.05) is 54.6 Å². The van der Waals surface area contributed by atoms with Crippen LogP contribution in [0, 0.1) is 6.92 Å². The smallest absolute Gasteiger partial charge is 0.227 e. The van der Waals surface area contributed by atoms with Crippen LogP contribution in [0.5, 0.6) is 0 Å². The van der Waals surface area contributed by atoms with Crippen molar-refractivity contribution in [1.82, 2.24) is 9.55 Å². The van der Waals surface area contributed by atoms with Gasteiger partial charge in [-0.05, 0) is 55.2 Å². The van der Waals surface area contributed by atoms with Crippen LogP contribution in [-0.2, 0) is 17.8 Å². The summed E-state index contributed by atoms with van der Waals surface area (Å²) in [5, 5.41) is 0. The monoisotopic (exact) mass is 409 g/mol. The number of aryl methyl sites for hydroxylation is 3. The van der Waals surface area contributed by atoms with Crippen molar-refractivity contribution in [2.75, 3.05) is 11.4 Å². The Balaban J connectivity index is 1.41. The molecule has 4 nitrogen and oxygen atoms in total. The van der Waals surface area contributed by atoms with Crippen LogP contribution < -0.4 is 4.90 Å². The van der Waals surface area contributed by atoms with E-state index in [1.165, 1.54) is 11.1 Å². The number of imidazole rings is 1. The molecule has 4 aromatic rings. The fourth-order valence-electron chi connectivity index (χ4n) is 4.65. The van der Waals surface area contributed by atoms with Gasteiger partial charge in [0.2, 0.25) is 5.91 Å². The second-order valence-corrected chi connectivity index (χ2v) is 8.44. The van der Waals surface area contributed by atoms with Gasteiger partial charge in [0.15, 0.2) is 0 Å². The molecule has 156 valence electrons. The van der Waals surface area contributed by atoms with Gasteiger partial charge in [-0.2, -0.15) is 0 Å². The Kier molecular flexibility index (Phi) is 5.29. The third kappa shape index (κ3) is 3.98. The van der Waals surface area contributed by atoms with Crippen molar-refractivity contribution < 1.29 is 4.79 Å². The molecule has 0 bridgehead atoms. The standard InChI is InChI=1S/C27H27N3O/c1-20-9-7-13-23(17-20)30-19-22(18-26(30)31)27-28-24-14-5-6-15-25(24)29(27)16-8-12-21-10-3-2-4-11-21/h2-7,9-11,13-15,17,22H,8,12,16,18-19H2,1H3. The maximum Gasteiger partial charge on any atom is 0.227 e. The predicted molar refractivity (Wildman–Crippen MR) is 125 cm³/mol. The minimum Gasteiger partial charge on any atom is -0.328 e. The molecule has 0 spiro atoms. The van der Waals surface area contributed by atoms with Crippen LogP contribution in [0.2, 0.25) is 0 Å². The van der Waals surface area contributed by atoms with Crippen LogP contribution in [0.25, 0.3) is 11.0 Å². The molecule has 2 heterocycles. The van der Waals surface area contributed by atoms with Gasteiger partial charge < -0.3 is 9.47 Å². The van der Waals surface area contributed by atoms with Gasteiger partial charge in [0.1, 0.15) is 5.82 Å². The summed E-state index contributed by atoms with van der Waals surface area (Å²) in [6.45, 7) is 3.65. The maximum absolute atomic E-state index is 12.9. The van der Waals surface area contributed by atoms with E-state index >= 15 is 0 Å². The van der Waals surface area contributed by atoms with Crippen LogP contribution in [0.15, 0.2) is 78.9 Å². The second kappa shape index (κ2) is 8.38. The Hall–Kier alpha value is -3.40. The molecule has 1 saturated heterocycles. The molecule has 3 aromatic carbocycles. The predicted octanol–water partition coefficient (Wildman–Crippen LogP) is 5.50. The average Bonchev–Trinajstić information content (AvgIpc) is 3.35. The Morgan fingerprint density at radius 1 is 0.968 bits per heavy atom. The van der Waals surface area contributed by atoms with E-state index in [2.05, 4.69) is 72.2 Å². The molecule has 1 fully saturated rings. The molecule has 5 rings (SSSR count). The molecule has 1 amide bonds. The molecule has 1 unspecified atom stereocenters. The Labute approximate surface area is 183 Å². The lowest BCUT2D eigenvalue weighted by atomic mass is 10.1. The van der Waals surface area contributed by atoms with E-state index in [9.17, 15) is 4.79 Å². The molecule has 0 saturated carbocycles. The van der Waals surface area contributed by atoms with Gasteiger partial charge in [0.25, 0.3) is 0 Å². The fourth-order valence-corrected chi connectivity index (χ4v) is 4.65. The molecular formula is C27H27N3O. The normalized spacial score (nSPS) is 16.4. The van der Waals surface area contributed by atoms with Crippen molar-refractivity contribution in [2.45, 2.75) is 38.6 Å². The lowest BCUT2D eigenvalue weighted by Gasteiger charge is -2.18. The zero-order valence-electron chi connectivity index (χ0n) is 17.9. The number of aromatic nitrogens is 2. The first-order valence-corrected chi connectivity index (χ1v) is 11.0. The molecule has 31 heavy (non-hydrogen) atoms. The first-order valence-electron chi connectivity index (χ1n) is 11.0. The SMILES string of the molecule is Cc1cccc(N2CC(c3nc4ccccc4n3CCCc3ccccc3)CC2=O)c1. The lowest BCUT2D eigenvalue weighted by Crippen LogP contribution is -2.24. The number of para-hydroxylation sites is 2. The summed E-state index contributed by atoms with van der Waals surface area (Å²) in [4.78, 5) is 19.8. The van der Waals surface area contributed by atoms with Gasteiger partial charge in [-0.3, -0.25) is 4.79 Å². The first kappa shape index (κ1) is 19.6. The highest BCUT2D eigenvalue weighted by atomic mass is 16.2. The molecule has 0 N–H and O–H groups in total. The summed E-state index contributed by atoms with van der Waals surface area (Å²) in [7, 11) is 0. The van der Waals surface area contributed by atoms with Crippen molar-refractivity contribution in [3.8, 4) is 0 Å². The molecular weight excluding hydrogens is 382 g/mol. The largest absolute Gasteiger partial charge is 0.328 e. The van der Waals surface area contributed by atoms with E-state index in [0.717, 1.165) is 41.9 Å². The van der Waals surface area contributed by atoms with Crippen molar-refractivity contribution >= 4 is 22.6 Å². The second-order valence-electron chi connectivity index (χ2n) is 8.44. The highest BCUT2D eigenvalue weighted by Gasteiger charge is 2.34. The summed E-state index contributed by atoms with van der Waals surface area (Å²) >= 11 is 0. The molecule has 1 aromatic heterocycles. The van der Waals surface area contributed by atoms with E-state index in [0.29, 0.717) is 13.0 Å².